The number of hydrogen-bond donors (Lipinski definition) is 0. The van der Waals surface area contributed by atoms with Crippen molar-refractivity contribution in [3.8, 4) is 5.75 Å². The van der Waals surface area contributed by atoms with Crippen molar-refractivity contribution in [2.45, 2.75) is 12.3 Å². The monoisotopic (exact) mass is 360 g/mol. The number of methoxy groups -OCH3 is 1. The van der Waals surface area contributed by atoms with Crippen LogP contribution in [-0.2, 0) is 0 Å². The molecule has 0 aromatic heterocycles. The highest BCUT2D eigenvalue weighted by atomic mass is 79.9. The lowest BCUT2D eigenvalue weighted by atomic mass is 10.0. The van der Waals surface area contributed by atoms with Crippen LogP contribution in [0, 0.1) is 18.6 Å². The van der Waals surface area contributed by atoms with E-state index in [0.717, 1.165) is 0 Å². The molecule has 1 nitrogen and oxygen atoms in total. The molecule has 0 radical (unpaired) electrons. The zero-order chi connectivity index (χ0) is 14.9. The molecular weight excluding hydrogens is 350 g/mol. The van der Waals surface area contributed by atoms with Crippen LogP contribution < -0.4 is 4.74 Å². The minimum atomic E-state index is -0.921. The van der Waals surface area contributed by atoms with Crippen molar-refractivity contribution in [2.75, 3.05) is 7.11 Å². The second kappa shape index (κ2) is 6.10. The van der Waals surface area contributed by atoms with Crippen LogP contribution in [0.1, 0.15) is 22.1 Å². The highest BCUT2D eigenvalue weighted by Crippen LogP contribution is 2.38. The Labute approximate surface area is 129 Å². The van der Waals surface area contributed by atoms with Crippen LogP contribution in [-0.4, -0.2) is 7.11 Å². The number of alkyl halides is 1. The maximum Gasteiger partial charge on any atom is 0.134 e. The lowest BCUT2D eigenvalue weighted by Crippen LogP contribution is -2.03. The summed E-state index contributed by atoms with van der Waals surface area (Å²) in [6.07, 6.45) is 0. The fraction of sp³-hybridized carbons (Fsp3) is 0.200. The predicted octanol–water partition coefficient (Wildman–Crippen LogP) is 5.37. The van der Waals surface area contributed by atoms with Crippen LogP contribution in [0.4, 0.5) is 8.78 Å². The van der Waals surface area contributed by atoms with Gasteiger partial charge >= 0.3 is 0 Å². The van der Waals surface area contributed by atoms with Gasteiger partial charge in [0, 0.05) is 10.0 Å². The molecule has 20 heavy (non-hydrogen) atoms. The van der Waals surface area contributed by atoms with Gasteiger partial charge in [-0.1, -0.05) is 28.1 Å². The minimum Gasteiger partial charge on any atom is -0.497 e. The van der Waals surface area contributed by atoms with Crippen molar-refractivity contribution in [3.63, 3.8) is 0 Å². The van der Waals surface area contributed by atoms with E-state index in [1.807, 2.05) is 0 Å². The zero-order valence-electron chi connectivity index (χ0n) is 10.9. The number of benzene rings is 2. The summed E-state index contributed by atoms with van der Waals surface area (Å²) in [5.41, 5.74) is 0.796. The highest BCUT2D eigenvalue weighted by molar-refractivity contribution is 9.10. The lowest BCUT2D eigenvalue weighted by molar-refractivity contribution is 0.414. The first kappa shape index (κ1) is 15.3. The van der Waals surface area contributed by atoms with Gasteiger partial charge in [0.2, 0.25) is 0 Å². The van der Waals surface area contributed by atoms with Gasteiger partial charge in [-0.2, -0.15) is 0 Å². The normalized spacial score (nSPS) is 12.3. The number of ether oxygens (including phenoxy) is 1. The molecule has 0 heterocycles. The first-order valence-electron chi connectivity index (χ1n) is 5.87. The molecule has 106 valence electrons. The Kier molecular flexibility index (Phi) is 4.66. The van der Waals surface area contributed by atoms with E-state index in [1.54, 1.807) is 32.2 Å². The Morgan fingerprint density at radius 2 is 1.90 bits per heavy atom. The summed E-state index contributed by atoms with van der Waals surface area (Å²) in [5, 5.41) is -0.921. The third-order valence-electron chi connectivity index (χ3n) is 3.05. The van der Waals surface area contributed by atoms with Crippen LogP contribution in [0.3, 0.4) is 0 Å². The van der Waals surface area contributed by atoms with Gasteiger partial charge in [-0.05, 0) is 36.2 Å². The van der Waals surface area contributed by atoms with Crippen LogP contribution in [0.25, 0.3) is 0 Å². The summed E-state index contributed by atoms with van der Waals surface area (Å²) in [5.74, 6) is -0.641. The van der Waals surface area contributed by atoms with Crippen LogP contribution in [0.15, 0.2) is 34.8 Å². The molecular formula is C15H12BrClF2O. The minimum absolute atomic E-state index is 0.141. The largest absolute Gasteiger partial charge is 0.497 e. The topological polar surface area (TPSA) is 9.23 Å². The van der Waals surface area contributed by atoms with Crippen molar-refractivity contribution in [3.05, 3.63) is 63.1 Å². The van der Waals surface area contributed by atoms with E-state index in [4.69, 9.17) is 16.3 Å². The van der Waals surface area contributed by atoms with E-state index < -0.39 is 17.0 Å². The van der Waals surface area contributed by atoms with Crippen molar-refractivity contribution >= 4 is 27.5 Å². The fourth-order valence-electron chi connectivity index (χ4n) is 1.91. The summed E-state index contributed by atoms with van der Waals surface area (Å²) in [7, 11) is 1.54. The van der Waals surface area contributed by atoms with Crippen LogP contribution >= 0.6 is 27.5 Å². The summed E-state index contributed by atoms with van der Waals surface area (Å²) in [6.45, 7) is 1.57. The van der Waals surface area contributed by atoms with Gasteiger partial charge in [0.25, 0.3) is 0 Å². The van der Waals surface area contributed by atoms with Gasteiger partial charge < -0.3 is 4.74 Å². The summed E-state index contributed by atoms with van der Waals surface area (Å²) in [6, 6.07) is 7.70. The molecule has 2 rings (SSSR count). The van der Waals surface area contributed by atoms with E-state index in [9.17, 15) is 8.78 Å². The predicted molar refractivity (Wildman–Crippen MR) is 79.5 cm³/mol. The lowest BCUT2D eigenvalue weighted by Gasteiger charge is -2.16. The van der Waals surface area contributed by atoms with Crippen molar-refractivity contribution in [1.82, 2.24) is 0 Å². The van der Waals surface area contributed by atoms with Gasteiger partial charge in [0.15, 0.2) is 0 Å². The fourth-order valence-corrected chi connectivity index (χ4v) is 3.02. The molecule has 0 saturated heterocycles. The highest BCUT2D eigenvalue weighted by Gasteiger charge is 2.23. The Balaban J connectivity index is 2.52. The average molecular weight is 362 g/mol. The van der Waals surface area contributed by atoms with Crippen molar-refractivity contribution in [1.29, 1.82) is 0 Å². The molecule has 2 aromatic carbocycles. The van der Waals surface area contributed by atoms with E-state index in [0.29, 0.717) is 21.3 Å². The third-order valence-corrected chi connectivity index (χ3v) is 4.19. The second-order valence-electron chi connectivity index (χ2n) is 4.34. The molecule has 0 aliphatic carbocycles. The molecule has 0 aliphatic heterocycles. The standard InChI is InChI=1S/C15H12BrClF2O/c1-8-3-6-12(18)13(15(8)19)14(17)10-5-4-9(20-2)7-11(10)16/h3-7,14H,1-2H3. The van der Waals surface area contributed by atoms with Gasteiger partial charge in [0.1, 0.15) is 17.4 Å². The maximum absolute atomic E-state index is 14.1. The summed E-state index contributed by atoms with van der Waals surface area (Å²) < 4.78 is 33.7. The number of hydrogen-bond acceptors (Lipinski definition) is 1. The smallest absolute Gasteiger partial charge is 0.134 e. The molecule has 2 aromatic rings. The van der Waals surface area contributed by atoms with E-state index in [-0.39, 0.29) is 5.56 Å². The number of rotatable bonds is 3. The Morgan fingerprint density at radius 3 is 2.50 bits per heavy atom. The molecule has 0 bridgehead atoms. The summed E-state index contributed by atoms with van der Waals surface area (Å²) >= 11 is 9.61. The van der Waals surface area contributed by atoms with Gasteiger partial charge in [0.05, 0.1) is 12.5 Å². The van der Waals surface area contributed by atoms with Gasteiger partial charge in [-0.15, -0.1) is 11.6 Å². The maximum atomic E-state index is 14.1. The molecule has 1 unspecified atom stereocenters. The quantitative estimate of drug-likeness (QED) is 0.668. The van der Waals surface area contributed by atoms with Crippen LogP contribution in [0.5, 0.6) is 5.75 Å². The van der Waals surface area contributed by atoms with E-state index in [2.05, 4.69) is 15.9 Å². The Bertz CT molecular complexity index is 646. The van der Waals surface area contributed by atoms with E-state index >= 15 is 0 Å². The Hall–Kier alpha value is -1.13. The van der Waals surface area contributed by atoms with Crippen LogP contribution in [0.2, 0.25) is 0 Å². The van der Waals surface area contributed by atoms with Crippen molar-refractivity contribution in [2.24, 2.45) is 0 Å². The van der Waals surface area contributed by atoms with Gasteiger partial charge in [-0.3, -0.25) is 0 Å². The molecule has 0 N–H and O–H groups in total. The van der Waals surface area contributed by atoms with Crippen molar-refractivity contribution < 1.29 is 13.5 Å². The number of aryl methyl sites for hydroxylation is 1. The third kappa shape index (κ3) is 2.81. The number of halogens is 4. The van der Waals surface area contributed by atoms with Gasteiger partial charge in [-0.25, -0.2) is 8.78 Å². The first-order valence-corrected chi connectivity index (χ1v) is 7.10. The first-order chi connectivity index (χ1) is 9.45. The molecule has 0 saturated carbocycles. The molecule has 0 fully saturated rings. The SMILES string of the molecule is COc1ccc(C(Cl)c2c(F)ccc(C)c2F)c(Br)c1. The summed E-state index contributed by atoms with van der Waals surface area (Å²) in [4.78, 5) is 0. The molecule has 0 spiro atoms. The average Bonchev–Trinajstić information content (AvgIpc) is 2.43. The molecule has 1 atom stereocenters. The molecule has 5 heteroatoms. The zero-order valence-corrected chi connectivity index (χ0v) is 13.2. The Morgan fingerprint density at radius 1 is 1.20 bits per heavy atom. The van der Waals surface area contributed by atoms with E-state index in [1.165, 1.54) is 12.1 Å². The second-order valence-corrected chi connectivity index (χ2v) is 5.63. The molecule has 0 aliphatic rings. The molecule has 0 amide bonds.